The molecule has 0 aliphatic rings. The second kappa shape index (κ2) is 9.15. The van der Waals surface area contributed by atoms with E-state index in [-0.39, 0.29) is 19.1 Å². The van der Waals surface area contributed by atoms with Crippen molar-refractivity contribution in [2.24, 2.45) is 0 Å². The van der Waals surface area contributed by atoms with Gasteiger partial charge in [0.15, 0.2) is 18.1 Å². The molecule has 0 heterocycles. The van der Waals surface area contributed by atoms with Crippen LogP contribution >= 0.6 is 11.6 Å². The largest absolute Gasteiger partial charge is 0.493 e. The van der Waals surface area contributed by atoms with E-state index >= 15 is 0 Å². The summed E-state index contributed by atoms with van der Waals surface area (Å²) < 4.78 is 15.7. The van der Waals surface area contributed by atoms with E-state index in [0.717, 1.165) is 0 Å². The fourth-order valence-corrected chi connectivity index (χ4v) is 2.25. The van der Waals surface area contributed by atoms with Crippen LogP contribution in [-0.4, -0.2) is 38.4 Å². The Labute approximate surface area is 151 Å². The molecule has 0 bridgehead atoms. The van der Waals surface area contributed by atoms with Crippen LogP contribution in [0, 0.1) is 0 Å². The first-order chi connectivity index (χ1) is 12.0. The van der Waals surface area contributed by atoms with Crippen molar-refractivity contribution < 1.29 is 24.1 Å². The molecule has 0 fully saturated rings. The number of ether oxygens (including phenoxy) is 3. The molecule has 1 amide bonds. The van der Waals surface area contributed by atoms with E-state index in [1.165, 1.54) is 14.2 Å². The van der Waals surface area contributed by atoms with Crippen LogP contribution in [-0.2, 0) is 4.79 Å². The number of carbonyl (C=O) groups excluding carboxylic acids is 1. The Hall–Kier alpha value is -2.44. The van der Waals surface area contributed by atoms with E-state index in [1.807, 2.05) is 0 Å². The number of halogens is 1. The molecule has 2 rings (SSSR count). The first-order valence-corrected chi connectivity index (χ1v) is 7.96. The van der Waals surface area contributed by atoms with Crippen molar-refractivity contribution in [1.82, 2.24) is 5.32 Å². The van der Waals surface area contributed by atoms with Crippen LogP contribution in [0.25, 0.3) is 0 Å². The molecule has 0 spiro atoms. The van der Waals surface area contributed by atoms with Gasteiger partial charge in [-0.25, -0.2) is 0 Å². The average Bonchev–Trinajstić information content (AvgIpc) is 2.64. The van der Waals surface area contributed by atoms with Gasteiger partial charge in [-0.3, -0.25) is 4.79 Å². The van der Waals surface area contributed by atoms with Gasteiger partial charge in [0.05, 0.1) is 20.3 Å². The lowest BCUT2D eigenvalue weighted by Gasteiger charge is -2.15. The molecule has 2 N–H and O–H groups in total. The molecule has 0 radical (unpaired) electrons. The zero-order valence-corrected chi connectivity index (χ0v) is 14.7. The lowest BCUT2D eigenvalue weighted by atomic mass is 10.1. The average molecular weight is 366 g/mol. The summed E-state index contributed by atoms with van der Waals surface area (Å²) in [6, 6.07) is 11.8. The molecule has 25 heavy (non-hydrogen) atoms. The maximum absolute atomic E-state index is 11.8. The van der Waals surface area contributed by atoms with Gasteiger partial charge < -0.3 is 24.6 Å². The Balaban J connectivity index is 1.83. The fraction of sp³-hybridized carbons (Fsp3) is 0.278. The lowest BCUT2D eigenvalue weighted by Crippen LogP contribution is -2.32. The summed E-state index contributed by atoms with van der Waals surface area (Å²) in [7, 11) is 3.05. The third-order valence-corrected chi connectivity index (χ3v) is 3.72. The highest BCUT2D eigenvalue weighted by atomic mass is 35.5. The molecule has 0 saturated carbocycles. The number of nitrogens with one attached hydrogen (secondary N) is 1. The van der Waals surface area contributed by atoms with E-state index in [4.69, 9.17) is 25.8 Å². The minimum atomic E-state index is -0.876. The number of aliphatic hydroxyl groups is 1. The zero-order chi connectivity index (χ0) is 18.2. The maximum atomic E-state index is 11.8. The molecular weight excluding hydrogens is 346 g/mol. The first-order valence-electron chi connectivity index (χ1n) is 7.58. The number of aliphatic hydroxyl groups excluding tert-OH is 1. The Kier molecular flexibility index (Phi) is 6.91. The number of methoxy groups -OCH3 is 2. The van der Waals surface area contributed by atoms with Gasteiger partial charge in [0.1, 0.15) is 5.75 Å². The Bertz CT molecular complexity index is 705. The van der Waals surface area contributed by atoms with E-state index in [1.54, 1.807) is 42.5 Å². The van der Waals surface area contributed by atoms with Crippen LogP contribution in [0.5, 0.6) is 17.2 Å². The monoisotopic (exact) mass is 365 g/mol. The Morgan fingerprint density at radius 1 is 1.12 bits per heavy atom. The summed E-state index contributed by atoms with van der Waals surface area (Å²) in [6.07, 6.45) is -0.876. The van der Waals surface area contributed by atoms with Crippen LogP contribution < -0.4 is 19.5 Å². The zero-order valence-electron chi connectivity index (χ0n) is 14.0. The van der Waals surface area contributed by atoms with Crippen LogP contribution in [0.2, 0.25) is 5.02 Å². The third kappa shape index (κ3) is 5.55. The number of amides is 1. The molecule has 7 heteroatoms. The van der Waals surface area contributed by atoms with Crippen LogP contribution in [0.15, 0.2) is 42.5 Å². The van der Waals surface area contributed by atoms with E-state index < -0.39 is 6.10 Å². The summed E-state index contributed by atoms with van der Waals surface area (Å²) in [5.74, 6) is 1.28. The maximum Gasteiger partial charge on any atom is 0.258 e. The van der Waals surface area contributed by atoms with Crippen molar-refractivity contribution in [3.8, 4) is 17.2 Å². The van der Waals surface area contributed by atoms with Gasteiger partial charge in [-0.1, -0.05) is 17.7 Å². The minimum absolute atomic E-state index is 0.0539. The number of hydrogen-bond acceptors (Lipinski definition) is 5. The smallest absolute Gasteiger partial charge is 0.258 e. The van der Waals surface area contributed by atoms with Gasteiger partial charge >= 0.3 is 0 Å². The standard InChI is InChI=1S/C18H20ClNO5/c1-23-16-8-3-12(9-17(16)24-2)15(21)10-20-18(22)11-25-14-6-4-13(19)5-7-14/h3-9,15,21H,10-11H2,1-2H3,(H,20,22)/t15-/m0/s1. The van der Waals surface area contributed by atoms with Crippen molar-refractivity contribution in [3.63, 3.8) is 0 Å². The van der Waals surface area contributed by atoms with E-state index in [0.29, 0.717) is 27.8 Å². The van der Waals surface area contributed by atoms with Gasteiger partial charge in [-0.05, 0) is 42.0 Å². The number of carbonyl (C=O) groups is 1. The third-order valence-electron chi connectivity index (χ3n) is 3.47. The molecular formula is C18H20ClNO5. The fourth-order valence-electron chi connectivity index (χ4n) is 2.12. The summed E-state index contributed by atoms with van der Waals surface area (Å²) >= 11 is 5.78. The predicted molar refractivity (Wildman–Crippen MR) is 94.5 cm³/mol. The van der Waals surface area contributed by atoms with Gasteiger partial charge in [-0.15, -0.1) is 0 Å². The van der Waals surface area contributed by atoms with E-state index in [2.05, 4.69) is 5.32 Å². The van der Waals surface area contributed by atoms with Crippen LogP contribution in [0.4, 0.5) is 0 Å². The topological polar surface area (TPSA) is 77.0 Å². The first kappa shape index (κ1) is 18.9. The minimum Gasteiger partial charge on any atom is -0.493 e. The quantitative estimate of drug-likeness (QED) is 0.752. The number of rotatable bonds is 8. The molecule has 6 nitrogen and oxygen atoms in total. The van der Waals surface area contributed by atoms with Gasteiger partial charge in [0, 0.05) is 11.6 Å². The van der Waals surface area contributed by atoms with Crippen LogP contribution in [0.1, 0.15) is 11.7 Å². The molecule has 0 aromatic heterocycles. The summed E-state index contributed by atoms with van der Waals surface area (Å²) in [4.78, 5) is 11.8. The molecule has 0 unspecified atom stereocenters. The second-order valence-electron chi connectivity index (χ2n) is 5.18. The van der Waals surface area contributed by atoms with Crippen molar-refractivity contribution in [1.29, 1.82) is 0 Å². The van der Waals surface area contributed by atoms with Gasteiger partial charge in [0.25, 0.3) is 5.91 Å². The van der Waals surface area contributed by atoms with Gasteiger partial charge in [-0.2, -0.15) is 0 Å². The number of hydrogen-bond donors (Lipinski definition) is 2. The molecule has 2 aromatic carbocycles. The molecule has 1 atom stereocenters. The summed E-state index contributed by atoms with van der Waals surface area (Å²) in [5, 5.41) is 13.4. The summed E-state index contributed by atoms with van der Waals surface area (Å²) in [5.41, 5.74) is 0.608. The second-order valence-corrected chi connectivity index (χ2v) is 5.61. The molecule has 134 valence electrons. The van der Waals surface area contributed by atoms with Crippen molar-refractivity contribution in [3.05, 3.63) is 53.1 Å². The van der Waals surface area contributed by atoms with Crippen molar-refractivity contribution in [2.75, 3.05) is 27.4 Å². The van der Waals surface area contributed by atoms with Crippen LogP contribution in [0.3, 0.4) is 0 Å². The summed E-state index contributed by atoms with van der Waals surface area (Å²) in [6.45, 7) is -0.0986. The number of benzene rings is 2. The lowest BCUT2D eigenvalue weighted by molar-refractivity contribution is -0.123. The Morgan fingerprint density at radius 3 is 2.44 bits per heavy atom. The predicted octanol–water partition coefficient (Wildman–Crippen LogP) is 2.59. The van der Waals surface area contributed by atoms with Crippen molar-refractivity contribution in [2.45, 2.75) is 6.10 Å². The van der Waals surface area contributed by atoms with E-state index in [9.17, 15) is 9.90 Å². The molecule has 0 aliphatic heterocycles. The molecule has 0 saturated heterocycles. The highest BCUT2D eigenvalue weighted by Gasteiger charge is 2.13. The SMILES string of the molecule is COc1ccc([C@@H](O)CNC(=O)COc2ccc(Cl)cc2)cc1OC. The highest BCUT2D eigenvalue weighted by molar-refractivity contribution is 6.30. The van der Waals surface area contributed by atoms with Gasteiger partial charge in [0.2, 0.25) is 0 Å². The normalized spacial score (nSPS) is 11.5. The van der Waals surface area contributed by atoms with Crippen molar-refractivity contribution >= 4 is 17.5 Å². The molecule has 0 aliphatic carbocycles. The highest BCUT2D eigenvalue weighted by Crippen LogP contribution is 2.29. The molecule has 2 aromatic rings. The Morgan fingerprint density at radius 2 is 1.80 bits per heavy atom.